The lowest BCUT2D eigenvalue weighted by Gasteiger charge is -2.25. The van der Waals surface area contributed by atoms with E-state index in [1.807, 2.05) is 23.1 Å². The average molecular weight is 368 g/mol. The highest BCUT2D eigenvalue weighted by Crippen LogP contribution is 2.47. The first-order valence-corrected chi connectivity index (χ1v) is 9.65. The molecule has 1 aromatic heterocycles. The van der Waals surface area contributed by atoms with Crippen LogP contribution in [-0.4, -0.2) is 12.3 Å². The smallest absolute Gasteiger partial charge is 0.0504 e. The Labute approximate surface area is 137 Å². The van der Waals surface area contributed by atoms with Crippen LogP contribution in [0.25, 0.3) is 0 Å². The van der Waals surface area contributed by atoms with Gasteiger partial charge in [0.25, 0.3) is 0 Å². The minimum Gasteiger partial charge on any atom is -0.309 e. The standard InChI is InChI=1S/C16H18BrNS2/c1-2-8-18-15(16-13(17)7-9-19-16)12-10-20-14-6-4-3-5-11(12)14/h3-7,9,12,15,18H,2,8,10H2,1H3. The number of thiophene rings is 1. The molecule has 0 aliphatic carbocycles. The van der Waals surface area contributed by atoms with Gasteiger partial charge in [0, 0.05) is 25.9 Å². The van der Waals surface area contributed by atoms with E-state index in [0.717, 1.165) is 6.54 Å². The van der Waals surface area contributed by atoms with Crippen molar-refractivity contribution in [3.8, 4) is 0 Å². The third kappa shape index (κ3) is 2.84. The Balaban J connectivity index is 1.93. The van der Waals surface area contributed by atoms with E-state index in [0.29, 0.717) is 12.0 Å². The van der Waals surface area contributed by atoms with E-state index in [4.69, 9.17) is 0 Å². The Morgan fingerprint density at radius 2 is 2.20 bits per heavy atom. The van der Waals surface area contributed by atoms with Gasteiger partial charge in [-0.2, -0.15) is 0 Å². The third-order valence-corrected chi connectivity index (χ3v) is 6.84. The lowest BCUT2D eigenvalue weighted by Crippen LogP contribution is -2.27. The van der Waals surface area contributed by atoms with Gasteiger partial charge in [0.05, 0.1) is 6.04 Å². The number of benzene rings is 1. The number of nitrogens with one attached hydrogen (secondary N) is 1. The first kappa shape index (κ1) is 14.6. The van der Waals surface area contributed by atoms with E-state index >= 15 is 0 Å². The second-order valence-corrected chi connectivity index (χ2v) is 7.88. The molecular weight excluding hydrogens is 350 g/mol. The topological polar surface area (TPSA) is 12.0 Å². The SMILES string of the molecule is CCCNC(c1sccc1Br)C1CSc2ccccc21. The number of halogens is 1. The highest BCUT2D eigenvalue weighted by atomic mass is 79.9. The van der Waals surface area contributed by atoms with Crippen LogP contribution in [0.2, 0.25) is 0 Å². The molecule has 1 aliphatic rings. The van der Waals surface area contributed by atoms with Gasteiger partial charge in [0.15, 0.2) is 0 Å². The predicted molar refractivity (Wildman–Crippen MR) is 93.0 cm³/mol. The van der Waals surface area contributed by atoms with E-state index in [1.165, 1.54) is 32.0 Å². The van der Waals surface area contributed by atoms with Crippen molar-refractivity contribution in [3.05, 3.63) is 50.6 Å². The van der Waals surface area contributed by atoms with Crippen molar-refractivity contribution < 1.29 is 0 Å². The van der Waals surface area contributed by atoms with Crippen LogP contribution in [0.5, 0.6) is 0 Å². The van der Waals surface area contributed by atoms with Gasteiger partial charge >= 0.3 is 0 Å². The van der Waals surface area contributed by atoms with Crippen LogP contribution < -0.4 is 5.32 Å². The van der Waals surface area contributed by atoms with Crippen LogP contribution in [0.1, 0.15) is 35.7 Å². The summed E-state index contributed by atoms with van der Waals surface area (Å²) in [7, 11) is 0. The maximum Gasteiger partial charge on any atom is 0.0504 e. The second-order valence-electron chi connectivity index (χ2n) is 5.02. The van der Waals surface area contributed by atoms with Gasteiger partial charge in [-0.05, 0) is 52.0 Å². The van der Waals surface area contributed by atoms with E-state index in [9.17, 15) is 0 Å². The maximum atomic E-state index is 3.76. The van der Waals surface area contributed by atoms with Gasteiger partial charge in [-0.15, -0.1) is 23.1 Å². The average Bonchev–Trinajstić information content (AvgIpc) is 3.07. The fourth-order valence-electron chi connectivity index (χ4n) is 2.71. The molecule has 1 nitrogen and oxygen atoms in total. The zero-order valence-corrected chi connectivity index (χ0v) is 14.7. The zero-order valence-electron chi connectivity index (χ0n) is 11.4. The summed E-state index contributed by atoms with van der Waals surface area (Å²) in [5.41, 5.74) is 1.51. The summed E-state index contributed by atoms with van der Waals surface area (Å²) < 4.78 is 1.24. The molecule has 106 valence electrons. The molecule has 0 spiro atoms. The first-order chi connectivity index (χ1) is 9.81. The predicted octanol–water partition coefficient (Wildman–Crippen LogP) is 5.44. The Hall–Kier alpha value is -0.290. The molecule has 2 unspecified atom stereocenters. The van der Waals surface area contributed by atoms with Gasteiger partial charge in [0.1, 0.15) is 0 Å². The van der Waals surface area contributed by atoms with Crippen molar-refractivity contribution >= 4 is 39.0 Å². The Bertz CT molecular complexity index is 581. The summed E-state index contributed by atoms with van der Waals surface area (Å²) in [4.78, 5) is 2.88. The molecule has 2 atom stereocenters. The molecular formula is C16H18BrNS2. The molecule has 0 radical (unpaired) electrons. The van der Waals surface area contributed by atoms with Gasteiger partial charge < -0.3 is 5.32 Å². The molecule has 0 amide bonds. The van der Waals surface area contributed by atoms with Crippen molar-refractivity contribution in [2.24, 2.45) is 0 Å². The fraction of sp³-hybridized carbons (Fsp3) is 0.375. The van der Waals surface area contributed by atoms with Crippen LogP contribution in [0.15, 0.2) is 45.1 Å². The number of thioether (sulfide) groups is 1. The van der Waals surface area contributed by atoms with E-state index in [-0.39, 0.29) is 0 Å². The Kier molecular flexibility index (Phi) is 4.87. The fourth-order valence-corrected chi connectivity index (χ4v) is 5.76. The van der Waals surface area contributed by atoms with E-state index in [2.05, 4.69) is 63.9 Å². The lowest BCUT2D eigenvalue weighted by molar-refractivity contribution is 0.477. The molecule has 2 aromatic rings. The highest BCUT2D eigenvalue weighted by molar-refractivity contribution is 9.10. The normalized spacial score (nSPS) is 19.0. The van der Waals surface area contributed by atoms with E-state index in [1.54, 1.807) is 0 Å². The van der Waals surface area contributed by atoms with E-state index < -0.39 is 0 Å². The highest BCUT2D eigenvalue weighted by Gasteiger charge is 2.32. The summed E-state index contributed by atoms with van der Waals surface area (Å²) in [6.45, 7) is 3.29. The van der Waals surface area contributed by atoms with Gasteiger partial charge in [-0.25, -0.2) is 0 Å². The number of hydrogen-bond acceptors (Lipinski definition) is 3. The molecule has 1 N–H and O–H groups in total. The Morgan fingerprint density at radius 1 is 1.35 bits per heavy atom. The van der Waals surface area contributed by atoms with Crippen molar-refractivity contribution in [1.29, 1.82) is 0 Å². The minimum absolute atomic E-state index is 0.417. The van der Waals surface area contributed by atoms with Gasteiger partial charge in [-0.1, -0.05) is 25.1 Å². The largest absolute Gasteiger partial charge is 0.309 e. The monoisotopic (exact) mass is 367 g/mol. The molecule has 3 rings (SSSR count). The number of rotatable bonds is 5. The molecule has 2 heterocycles. The summed E-state index contributed by atoms with van der Waals surface area (Å²) in [5, 5.41) is 5.94. The Morgan fingerprint density at radius 3 is 2.95 bits per heavy atom. The zero-order chi connectivity index (χ0) is 13.9. The number of hydrogen-bond donors (Lipinski definition) is 1. The number of fused-ring (bicyclic) bond motifs is 1. The molecule has 0 fully saturated rings. The molecule has 4 heteroatoms. The van der Waals surface area contributed by atoms with Gasteiger partial charge in [-0.3, -0.25) is 0 Å². The molecule has 1 aliphatic heterocycles. The summed E-state index contributed by atoms with van der Waals surface area (Å²) >= 11 is 7.55. The summed E-state index contributed by atoms with van der Waals surface area (Å²) in [6, 6.07) is 11.4. The van der Waals surface area contributed by atoms with Crippen molar-refractivity contribution in [2.75, 3.05) is 12.3 Å². The maximum absolute atomic E-state index is 3.76. The molecule has 0 saturated heterocycles. The van der Waals surface area contributed by atoms with Crippen LogP contribution in [0, 0.1) is 0 Å². The first-order valence-electron chi connectivity index (χ1n) is 6.99. The van der Waals surface area contributed by atoms with Crippen LogP contribution >= 0.6 is 39.0 Å². The van der Waals surface area contributed by atoms with Crippen molar-refractivity contribution in [3.63, 3.8) is 0 Å². The molecule has 20 heavy (non-hydrogen) atoms. The van der Waals surface area contributed by atoms with Crippen molar-refractivity contribution in [1.82, 2.24) is 5.32 Å². The quantitative estimate of drug-likeness (QED) is 0.754. The third-order valence-electron chi connectivity index (χ3n) is 3.68. The molecule has 0 bridgehead atoms. The van der Waals surface area contributed by atoms with Gasteiger partial charge in [0.2, 0.25) is 0 Å². The lowest BCUT2D eigenvalue weighted by atomic mass is 9.92. The minimum atomic E-state index is 0.417. The van der Waals surface area contributed by atoms with Crippen LogP contribution in [-0.2, 0) is 0 Å². The van der Waals surface area contributed by atoms with Crippen molar-refractivity contribution in [2.45, 2.75) is 30.2 Å². The second kappa shape index (κ2) is 6.65. The van der Waals surface area contributed by atoms with Crippen LogP contribution in [0.3, 0.4) is 0 Å². The summed E-state index contributed by atoms with van der Waals surface area (Å²) in [5.74, 6) is 1.74. The molecule has 1 aromatic carbocycles. The van der Waals surface area contributed by atoms with Crippen LogP contribution in [0.4, 0.5) is 0 Å². The molecule has 0 saturated carbocycles. The summed E-state index contributed by atoms with van der Waals surface area (Å²) in [6.07, 6.45) is 1.17.